The summed E-state index contributed by atoms with van der Waals surface area (Å²) in [6, 6.07) is 5.63. The third kappa shape index (κ3) is 2.23. The summed E-state index contributed by atoms with van der Waals surface area (Å²) in [6.45, 7) is 1.93. The smallest absolute Gasteiger partial charge is 0.227 e. The van der Waals surface area contributed by atoms with Gasteiger partial charge in [-0.2, -0.15) is 0 Å². The van der Waals surface area contributed by atoms with Crippen LogP contribution < -0.4 is 11.1 Å². The minimum atomic E-state index is 0.500. The van der Waals surface area contributed by atoms with Gasteiger partial charge in [-0.1, -0.05) is 17.7 Å². The van der Waals surface area contributed by atoms with Gasteiger partial charge in [0.15, 0.2) is 0 Å². The zero-order valence-electron chi connectivity index (χ0n) is 8.74. The van der Waals surface area contributed by atoms with Crippen LogP contribution in [0.4, 0.5) is 17.3 Å². The maximum atomic E-state index is 6.00. The van der Waals surface area contributed by atoms with E-state index >= 15 is 0 Å². The van der Waals surface area contributed by atoms with Crippen molar-refractivity contribution in [2.45, 2.75) is 6.92 Å². The molecule has 0 amide bonds. The summed E-state index contributed by atoms with van der Waals surface area (Å²) < 4.78 is 0. The van der Waals surface area contributed by atoms with E-state index in [0.717, 1.165) is 11.3 Å². The number of aromatic nitrogens is 2. The summed E-state index contributed by atoms with van der Waals surface area (Å²) >= 11 is 6.00. The Labute approximate surface area is 98.5 Å². The number of hydrogen-bond acceptors (Lipinski definition) is 4. The molecule has 0 fully saturated rings. The van der Waals surface area contributed by atoms with E-state index in [-0.39, 0.29) is 0 Å². The fourth-order valence-electron chi connectivity index (χ4n) is 1.27. The Kier molecular flexibility index (Phi) is 2.92. The van der Waals surface area contributed by atoms with Crippen molar-refractivity contribution in [3.05, 3.63) is 41.2 Å². The molecule has 0 spiro atoms. The van der Waals surface area contributed by atoms with Gasteiger partial charge in [-0.25, -0.2) is 9.97 Å². The van der Waals surface area contributed by atoms with Crippen LogP contribution in [0.15, 0.2) is 30.6 Å². The van der Waals surface area contributed by atoms with Crippen LogP contribution in [0.3, 0.4) is 0 Å². The summed E-state index contributed by atoms with van der Waals surface area (Å²) in [5, 5.41) is 3.79. The molecule has 0 aliphatic carbocycles. The van der Waals surface area contributed by atoms with Crippen LogP contribution in [0.2, 0.25) is 5.02 Å². The second-order valence-electron chi connectivity index (χ2n) is 3.38. The molecular formula is C11H11ClN4. The van der Waals surface area contributed by atoms with E-state index in [1.54, 1.807) is 12.4 Å². The van der Waals surface area contributed by atoms with Gasteiger partial charge < -0.3 is 11.1 Å². The highest BCUT2D eigenvalue weighted by Crippen LogP contribution is 2.24. The molecular weight excluding hydrogens is 224 g/mol. The summed E-state index contributed by atoms with van der Waals surface area (Å²) in [5.74, 6) is 0.500. The number of anilines is 3. The lowest BCUT2D eigenvalue weighted by atomic mass is 10.2. The monoisotopic (exact) mass is 234 g/mol. The first-order valence-corrected chi connectivity index (χ1v) is 5.14. The second-order valence-corrected chi connectivity index (χ2v) is 3.78. The summed E-state index contributed by atoms with van der Waals surface area (Å²) in [5.41, 5.74) is 7.88. The van der Waals surface area contributed by atoms with Crippen molar-refractivity contribution in [2.24, 2.45) is 0 Å². The quantitative estimate of drug-likeness (QED) is 0.839. The largest absolute Gasteiger partial charge is 0.396 e. The normalized spacial score (nSPS) is 10.1. The molecule has 1 heterocycles. The van der Waals surface area contributed by atoms with Crippen molar-refractivity contribution in [1.82, 2.24) is 9.97 Å². The van der Waals surface area contributed by atoms with Crippen molar-refractivity contribution in [3.8, 4) is 0 Å². The standard InChI is InChI=1S/C11H11ClN4/c1-7-9(12)3-2-4-10(7)16-11-14-5-8(13)6-15-11/h2-6H,13H2,1H3,(H,14,15,16). The fraction of sp³-hybridized carbons (Fsp3) is 0.0909. The molecule has 1 aromatic heterocycles. The highest BCUT2D eigenvalue weighted by molar-refractivity contribution is 6.31. The van der Waals surface area contributed by atoms with Gasteiger partial charge in [0.25, 0.3) is 0 Å². The van der Waals surface area contributed by atoms with Crippen LogP contribution in [0.1, 0.15) is 5.56 Å². The Hall–Kier alpha value is -1.81. The molecule has 0 saturated carbocycles. The molecule has 0 atom stereocenters. The Balaban J connectivity index is 2.27. The molecule has 0 unspecified atom stereocenters. The lowest BCUT2D eigenvalue weighted by Crippen LogP contribution is -1.99. The number of nitrogens with zero attached hydrogens (tertiary/aromatic N) is 2. The van der Waals surface area contributed by atoms with Crippen LogP contribution in [0.25, 0.3) is 0 Å². The SMILES string of the molecule is Cc1c(Cl)cccc1Nc1ncc(N)cn1. The van der Waals surface area contributed by atoms with Crippen LogP contribution in [0.5, 0.6) is 0 Å². The topological polar surface area (TPSA) is 63.8 Å². The zero-order chi connectivity index (χ0) is 11.5. The number of nitrogen functional groups attached to an aromatic ring is 1. The highest BCUT2D eigenvalue weighted by atomic mass is 35.5. The maximum Gasteiger partial charge on any atom is 0.227 e. The Bertz CT molecular complexity index is 496. The van der Waals surface area contributed by atoms with Gasteiger partial charge >= 0.3 is 0 Å². The lowest BCUT2D eigenvalue weighted by Gasteiger charge is -2.08. The molecule has 0 aliphatic rings. The van der Waals surface area contributed by atoms with Crippen LogP contribution >= 0.6 is 11.6 Å². The van der Waals surface area contributed by atoms with E-state index in [0.29, 0.717) is 16.7 Å². The molecule has 5 heteroatoms. The van der Waals surface area contributed by atoms with Crippen molar-refractivity contribution >= 4 is 28.9 Å². The minimum absolute atomic E-state index is 0.500. The van der Waals surface area contributed by atoms with Crippen molar-refractivity contribution in [2.75, 3.05) is 11.1 Å². The maximum absolute atomic E-state index is 6.00. The molecule has 3 N–H and O–H groups in total. The zero-order valence-corrected chi connectivity index (χ0v) is 9.49. The molecule has 0 saturated heterocycles. The number of nitrogens with one attached hydrogen (secondary N) is 1. The number of benzene rings is 1. The third-order valence-corrected chi connectivity index (χ3v) is 2.60. The van der Waals surface area contributed by atoms with Gasteiger partial charge in [-0.15, -0.1) is 0 Å². The molecule has 0 radical (unpaired) electrons. The first kappa shape index (κ1) is 10.7. The lowest BCUT2D eigenvalue weighted by molar-refractivity contribution is 1.17. The Morgan fingerprint density at radius 1 is 1.25 bits per heavy atom. The fourth-order valence-corrected chi connectivity index (χ4v) is 1.44. The molecule has 0 bridgehead atoms. The molecule has 0 aliphatic heterocycles. The molecule has 2 rings (SSSR count). The summed E-state index contributed by atoms with van der Waals surface area (Å²) in [4.78, 5) is 8.11. The van der Waals surface area contributed by atoms with Gasteiger partial charge in [-0.3, -0.25) is 0 Å². The van der Waals surface area contributed by atoms with E-state index in [4.69, 9.17) is 17.3 Å². The second kappa shape index (κ2) is 4.37. The van der Waals surface area contributed by atoms with E-state index < -0.39 is 0 Å². The van der Waals surface area contributed by atoms with E-state index in [2.05, 4.69) is 15.3 Å². The first-order chi connectivity index (χ1) is 7.66. The van der Waals surface area contributed by atoms with E-state index in [9.17, 15) is 0 Å². The van der Waals surface area contributed by atoms with Gasteiger partial charge in [0.1, 0.15) is 0 Å². The van der Waals surface area contributed by atoms with E-state index in [1.807, 2.05) is 25.1 Å². The number of hydrogen-bond donors (Lipinski definition) is 2. The van der Waals surface area contributed by atoms with Crippen LogP contribution in [-0.4, -0.2) is 9.97 Å². The number of rotatable bonds is 2. The Morgan fingerprint density at radius 2 is 1.94 bits per heavy atom. The van der Waals surface area contributed by atoms with Crippen molar-refractivity contribution in [1.29, 1.82) is 0 Å². The average molecular weight is 235 g/mol. The van der Waals surface area contributed by atoms with Gasteiger partial charge in [-0.05, 0) is 24.6 Å². The molecule has 1 aromatic carbocycles. The molecule has 82 valence electrons. The van der Waals surface area contributed by atoms with Gasteiger partial charge in [0, 0.05) is 10.7 Å². The molecule has 2 aromatic rings. The average Bonchev–Trinajstić information content (AvgIpc) is 2.28. The predicted octanol–water partition coefficient (Wildman–Crippen LogP) is 2.76. The van der Waals surface area contributed by atoms with Crippen molar-refractivity contribution < 1.29 is 0 Å². The summed E-state index contributed by atoms with van der Waals surface area (Å²) in [6.07, 6.45) is 3.10. The van der Waals surface area contributed by atoms with Crippen LogP contribution in [0, 0.1) is 6.92 Å². The van der Waals surface area contributed by atoms with Gasteiger partial charge in [0.2, 0.25) is 5.95 Å². The number of nitrogens with two attached hydrogens (primary N) is 1. The Morgan fingerprint density at radius 3 is 2.62 bits per heavy atom. The highest BCUT2D eigenvalue weighted by Gasteiger charge is 2.03. The van der Waals surface area contributed by atoms with Gasteiger partial charge in [0.05, 0.1) is 18.1 Å². The first-order valence-electron chi connectivity index (χ1n) is 4.76. The predicted molar refractivity (Wildman–Crippen MR) is 65.9 cm³/mol. The summed E-state index contributed by atoms with van der Waals surface area (Å²) in [7, 11) is 0. The number of halogens is 1. The van der Waals surface area contributed by atoms with Crippen LogP contribution in [-0.2, 0) is 0 Å². The third-order valence-electron chi connectivity index (χ3n) is 2.19. The molecule has 4 nitrogen and oxygen atoms in total. The van der Waals surface area contributed by atoms with Crippen molar-refractivity contribution in [3.63, 3.8) is 0 Å². The van der Waals surface area contributed by atoms with E-state index in [1.165, 1.54) is 0 Å². The molecule has 16 heavy (non-hydrogen) atoms. The minimum Gasteiger partial charge on any atom is -0.396 e.